The Bertz CT molecular complexity index is 524. The van der Waals surface area contributed by atoms with Gasteiger partial charge in [0.15, 0.2) is 5.78 Å². The molecule has 0 aliphatic heterocycles. The first kappa shape index (κ1) is 12.6. The molecule has 0 amide bonds. The Kier molecular flexibility index (Phi) is 4.31. The molecule has 1 aromatic carbocycles. The van der Waals surface area contributed by atoms with Crippen LogP contribution in [0.25, 0.3) is 6.08 Å². The minimum absolute atomic E-state index is 0.00393. The molecule has 0 aliphatic carbocycles. The second-order valence-electron chi connectivity index (χ2n) is 3.71. The van der Waals surface area contributed by atoms with Crippen molar-refractivity contribution in [2.45, 2.75) is 6.92 Å². The van der Waals surface area contributed by atoms with E-state index < -0.39 is 0 Å². The maximum Gasteiger partial charge on any atom is 0.185 e. The highest BCUT2D eigenvalue weighted by Crippen LogP contribution is 2.14. The molecule has 1 aromatic heterocycles. The lowest BCUT2D eigenvalue weighted by atomic mass is 10.1. The van der Waals surface area contributed by atoms with Gasteiger partial charge >= 0.3 is 0 Å². The Hall–Kier alpha value is -1.87. The number of ketones is 1. The quantitative estimate of drug-likeness (QED) is 0.597. The molecule has 0 saturated carbocycles. The number of thiophene rings is 1. The van der Waals surface area contributed by atoms with Gasteiger partial charge in [-0.15, -0.1) is 0 Å². The van der Waals surface area contributed by atoms with Crippen LogP contribution >= 0.6 is 11.3 Å². The Morgan fingerprint density at radius 1 is 1.28 bits per heavy atom. The van der Waals surface area contributed by atoms with Gasteiger partial charge in [0.1, 0.15) is 5.75 Å². The number of hydrogen-bond donors (Lipinski definition) is 0. The van der Waals surface area contributed by atoms with Gasteiger partial charge in [-0.25, -0.2) is 0 Å². The van der Waals surface area contributed by atoms with E-state index in [0.717, 1.165) is 11.3 Å². The van der Waals surface area contributed by atoms with E-state index in [1.807, 2.05) is 42.0 Å². The van der Waals surface area contributed by atoms with Gasteiger partial charge in [-0.2, -0.15) is 11.3 Å². The van der Waals surface area contributed by atoms with E-state index in [2.05, 4.69) is 0 Å². The summed E-state index contributed by atoms with van der Waals surface area (Å²) in [5, 5.41) is 3.99. The number of benzene rings is 1. The molecule has 92 valence electrons. The number of hydrogen-bond acceptors (Lipinski definition) is 3. The van der Waals surface area contributed by atoms with Crippen LogP contribution in [0.2, 0.25) is 0 Å². The maximum atomic E-state index is 11.9. The van der Waals surface area contributed by atoms with E-state index >= 15 is 0 Å². The number of rotatable bonds is 5. The van der Waals surface area contributed by atoms with Crippen LogP contribution in [0.1, 0.15) is 22.8 Å². The third kappa shape index (κ3) is 3.31. The second-order valence-corrected chi connectivity index (χ2v) is 4.49. The summed E-state index contributed by atoms with van der Waals surface area (Å²) >= 11 is 1.62. The van der Waals surface area contributed by atoms with Gasteiger partial charge in [-0.3, -0.25) is 4.79 Å². The Morgan fingerprint density at radius 2 is 2.06 bits per heavy atom. The first-order valence-electron chi connectivity index (χ1n) is 5.77. The summed E-state index contributed by atoms with van der Waals surface area (Å²) in [5.74, 6) is 0.792. The lowest BCUT2D eigenvalue weighted by molar-refractivity contribution is 0.104. The highest BCUT2D eigenvalue weighted by atomic mass is 32.1. The zero-order valence-electron chi connectivity index (χ0n) is 10.1. The second kappa shape index (κ2) is 6.17. The van der Waals surface area contributed by atoms with Crippen molar-refractivity contribution in [2.24, 2.45) is 0 Å². The van der Waals surface area contributed by atoms with Crippen molar-refractivity contribution in [2.75, 3.05) is 6.61 Å². The number of carbonyl (C=O) groups excluding carboxylic acids is 1. The minimum Gasteiger partial charge on any atom is -0.494 e. The summed E-state index contributed by atoms with van der Waals surface area (Å²) in [4.78, 5) is 11.9. The highest BCUT2D eigenvalue weighted by Gasteiger charge is 2.01. The molecule has 2 rings (SSSR count). The standard InChI is InChI=1S/C15H14O2S/c1-2-17-14-6-4-13(5-7-14)15(16)8-3-12-9-10-18-11-12/h3-11H,2H2,1H3/b8-3+. The lowest BCUT2D eigenvalue weighted by Gasteiger charge is -2.02. The number of allylic oxidation sites excluding steroid dienone is 1. The predicted octanol–water partition coefficient (Wildman–Crippen LogP) is 4.04. The molecule has 0 spiro atoms. The van der Waals surface area contributed by atoms with E-state index in [9.17, 15) is 4.79 Å². The summed E-state index contributed by atoms with van der Waals surface area (Å²) < 4.78 is 5.33. The molecule has 3 heteroatoms. The van der Waals surface area contributed by atoms with E-state index in [-0.39, 0.29) is 5.78 Å². The SMILES string of the molecule is CCOc1ccc(C(=O)/C=C/c2ccsc2)cc1. The molecule has 2 aromatic rings. The van der Waals surface area contributed by atoms with E-state index in [4.69, 9.17) is 4.74 Å². The minimum atomic E-state index is 0.00393. The van der Waals surface area contributed by atoms with Gasteiger partial charge in [-0.05, 0) is 59.7 Å². The van der Waals surface area contributed by atoms with Crippen LogP contribution in [0, 0.1) is 0 Å². The number of carbonyl (C=O) groups is 1. The summed E-state index contributed by atoms with van der Waals surface area (Å²) in [5.41, 5.74) is 1.73. The molecule has 0 N–H and O–H groups in total. The molecule has 0 aliphatic rings. The van der Waals surface area contributed by atoms with Gasteiger partial charge < -0.3 is 4.74 Å². The first-order chi connectivity index (χ1) is 8.79. The van der Waals surface area contributed by atoms with Gasteiger partial charge in [-0.1, -0.05) is 6.08 Å². The fourth-order valence-electron chi connectivity index (χ4n) is 1.52. The lowest BCUT2D eigenvalue weighted by Crippen LogP contribution is -1.95. The van der Waals surface area contributed by atoms with Gasteiger partial charge in [0.2, 0.25) is 0 Å². The maximum absolute atomic E-state index is 11.9. The van der Waals surface area contributed by atoms with Crippen molar-refractivity contribution in [3.8, 4) is 5.75 Å². The molecule has 1 heterocycles. The van der Waals surface area contributed by atoms with Gasteiger partial charge in [0.25, 0.3) is 0 Å². The average molecular weight is 258 g/mol. The normalized spacial score (nSPS) is 10.7. The van der Waals surface area contributed by atoms with Crippen molar-refractivity contribution < 1.29 is 9.53 Å². The zero-order valence-corrected chi connectivity index (χ0v) is 10.9. The fraction of sp³-hybridized carbons (Fsp3) is 0.133. The van der Waals surface area contributed by atoms with Crippen molar-refractivity contribution in [1.82, 2.24) is 0 Å². The van der Waals surface area contributed by atoms with Crippen LogP contribution in [-0.4, -0.2) is 12.4 Å². The summed E-state index contributed by atoms with van der Waals surface area (Å²) in [6, 6.07) is 9.17. The third-order valence-corrected chi connectivity index (χ3v) is 3.12. The fourth-order valence-corrected chi connectivity index (χ4v) is 2.15. The Balaban J connectivity index is 2.04. The van der Waals surface area contributed by atoms with Crippen LogP contribution in [0.3, 0.4) is 0 Å². The molecule has 0 radical (unpaired) electrons. The highest BCUT2D eigenvalue weighted by molar-refractivity contribution is 7.08. The molecular weight excluding hydrogens is 244 g/mol. The number of ether oxygens (including phenoxy) is 1. The summed E-state index contributed by atoms with van der Waals surface area (Å²) in [6.45, 7) is 2.56. The van der Waals surface area contributed by atoms with Crippen molar-refractivity contribution in [1.29, 1.82) is 0 Å². The van der Waals surface area contributed by atoms with E-state index in [1.54, 1.807) is 29.5 Å². The molecule has 18 heavy (non-hydrogen) atoms. The predicted molar refractivity (Wildman–Crippen MR) is 75.3 cm³/mol. The molecule has 0 saturated heterocycles. The summed E-state index contributed by atoms with van der Waals surface area (Å²) in [7, 11) is 0. The van der Waals surface area contributed by atoms with Crippen LogP contribution in [0.15, 0.2) is 47.2 Å². The van der Waals surface area contributed by atoms with Crippen LogP contribution < -0.4 is 4.74 Å². The van der Waals surface area contributed by atoms with Crippen LogP contribution in [0.4, 0.5) is 0 Å². The Morgan fingerprint density at radius 3 is 2.67 bits per heavy atom. The van der Waals surface area contributed by atoms with E-state index in [1.165, 1.54) is 0 Å². The van der Waals surface area contributed by atoms with Gasteiger partial charge in [0, 0.05) is 5.56 Å². The summed E-state index contributed by atoms with van der Waals surface area (Å²) in [6.07, 6.45) is 3.42. The largest absolute Gasteiger partial charge is 0.494 e. The average Bonchev–Trinajstić information content (AvgIpc) is 2.90. The van der Waals surface area contributed by atoms with Crippen LogP contribution in [-0.2, 0) is 0 Å². The van der Waals surface area contributed by atoms with Crippen molar-refractivity contribution in [3.05, 3.63) is 58.3 Å². The third-order valence-electron chi connectivity index (χ3n) is 2.42. The van der Waals surface area contributed by atoms with Crippen molar-refractivity contribution in [3.63, 3.8) is 0 Å². The smallest absolute Gasteiger partial charge is 0.185 e. The molecule has 2 nitrogen and oxygen atoms in total. The van der Waals surface area contributed by atoms with Crippen LogP contribution in [0.5, 0.6) is 5.75 Å². The first-order valence-corrected chi connectivity index (χ1v) is 6.71. The molecule has 0 bridgehead atoms. The van der Waals surface area contributed by atoms with E-state index in [0.29, 0.717) is 12.2 Å². The molecular formula is C15H14O2S. The monoisotopic (exact) mass is 258 g/mol. The van der Waals surface area contributed by atoms with Crippen molar-refractivity contribution >= 4 is 23.2 Å². The Labute approximate surface area is 111 Å². The topological polar surface area (TPSA) is 26.3 Å². The zero-order chi connectivity index (χ0) is 12.8. The van der Waals surface area contributed by atoms with Gasteiger partial charge in [0.05, 0.1) is 6.61 Å². The molecule has 0 fully saturated rings. The molecule has 0 atom stereocenters. The molecule has 0 unspecified atom stereocenters.